The first-order valence-electron chi connectivity index (χ1n) is 9.75. The smallest absolute Gasteiger partial charge is 0.357 e. The molecule has 10 nitrogen and oxygen atoms in total. The molecule has 0 spiro atoms. The van der Waals surface area contributed by atoms with Crippen LogP contribution in [0.1, 0.15) is 27.8 Å². The molecule has 4 rings (SSSR count). The highest BCUT2D eigenvalue weighted by Gasteiger charge is 2.18. The molecule has 0 unspecified atom stereocenters. The number of carbonyl (C=O) groups excluding carboxylic acids is 3. The number of rotatable bonds is 8. The number of fused-ring (bicyclic) bond motifs is 1. The van der Waals surface area contributed by atoms with Crippen molar-refractivity contribution in [2.45, 2.75) is 11.9 Å². The van der Waals surface area contributed by atoms with Gasteiger partial charge in [0, 0.05) is 23.3 Å². The van der Waals surface area contributed by atoms with Crippen molar-refractivity contribution in [2.75, 3.05) is 29.8 Å². The number of aromatic nitrogens is 2. The molecule has 12 heteroatoms. The molecule has 2 N–H and O–H groups in total. The van der Waals surface area contributed by atoms with Gasteiger partial charge in [-0.25, -0.2) is 14.8 Å². The van der Waals surface area contributed by atoms with E-state index in [0.717, 1.165) is 23.1 Å². The molecule has 2 aromatic heterocycles. The predicted molar refractivity (Wildman–Crippen MR) is 122 cm³/mol. The van der Waals surface area contributed by atoms with Crippen LogP contribution in [0.15, 0.2) is 46.9 Å². The lowest BCUT2D eigenvalue weighted by Gasteiger charge is -2.08. The number of nitrogens with one attached hydrogen (secondary N) is 2. The lowest BCUT2D eigenvalue weighted by atomic mass is 10.3. The molecule has 0 radical (unpaired) electrons. The fraction of sp³-hybridized carbons (Fsp3) is 0.190. The van der Waals surface area contributed by atoms with Crippen LogP contribution in [-0.4, -0.2) is 46.9 Å². The molecule has 33 heavy (non-hydrogen) atoms. The summed E-state index contributed by atoms with van der Waals surface area (Å²) in [5, 5.41) is 7.57. The van der Waals surface area contributed by atoms with E-state index in [0.29, 0.717) is 22.2 Å². The van der Waals surface area contributed by atoms with Crippen LogP contribution in [0.4, 0.5) is 10.8 Å². The molecule has 1 aliphatic rings. The van der Waals surface area contributed by atoms with Gasteiger partial charge in [-0.15, -0.1) is 11.3 Å². The number of anilines is 2. The van der Waals surface area contributed by atoms with Crippen LogP contribution < -0.4 is 20.1 Å². The summed E-state index contributed by atoms with van der Waals surface area (Å²) in [4.78, 5) is 45.2. The second-order valence-electron chi connectivity index (χ2n) is 6.47. The zero-order valence-corrected chi connectivity index (χ0v) is 19.0. The summed E-state index contributed by atoms with van der Waals surface area (Å²) in [6.45, 7) is 2.08. The largest absolute Gasteiger partial charge is 0.461 e. The fourth-order valence-corrected chi connectivity index (χ4v) is 4.24. The van der Waals surface area contributed by atoms with Gasteiger partial charge in [0.15, 0.2) is 22.3 Å². The topological polar surface area (TPSA) is 129 Å². The third-order valence-electron chi connectivity index (χ3n) is 4.22. The van der Waals surface area contributed by atoms with Gasteiger partial charge in [0.1, 0.15) is 5.03 Å². The van der Waals surface area contributed by atoms with E-state index in [1.54, 1.807) is 37.3 Å². The quantitative estimate of drug-likeness (QED) is 0.363. The summed E-state index contributed by atoms with van der Waals surface area (Å²) in [5.41, 5.74) is 0.981. The summed E-state index contributed by atoms with van der Waals surface area (Å²) in [7, 11) is 0. The Labute approximate surface area is 196 Å². The molecule has 170 valence electrons. The van der Waals surface area contributed by atoms with Crippen LogP contribution in [-0.2, 0) is 9.53 Å². The molecule has 0 bridgehead atoms. The number of thioether (sulfide) groups is 1. The van der Waals surface area contributed by atoms with Crippen LogP contribution >= 0.6 is 23.1 Å². The average molecular weight is 487 g/mol. The van der Waals surface area contributed by atoms with E-state index in [1.807, 2.05) is 0 Å². The average Bonchev–Trinajstić information content (AvgIpc) is 3.47. The minimum atomic E-state index is -0.555. The van der Waals surface area contributed by atoms with Crippen LogP contribution in [0.3, 0.4) is 0 Å². The number of thiazole rings is 1. The van der Waals surface area contributed by atoms with Gasteiger partial charge in [-0.05, 0) is 31.2 Å². The van der Waals surface area contributed by atoms with Crippen LogP contribution in [0.25, 0.3) is 0 Å². The summed E-state index contributed by atoms with van der Waals surface area (Å²) < 4.78 is 15.5. The van der Waals surface area contributed by atoms with Gasteiger partial charge in [-0.2, -0.15) is 0 Å². The van der Waals surface area contributed by atoms with Crippen molar-refractivity contribution in [2.24, 2.45) is 0 Å². The Balaban J connectivity index is 1.36. The van der Waals surface area contributed by atoms with Crippen molar-refractivity contribution in [1.29, 1.82) is 0 Å². The number of esters is 1. The second-order valence-corrected chi connectivity index (χ2v) is 8.30. The van der Waals surface area contributed by atoms with Gasteiger partial charge in [0.25, 0.3) is 5.91 Å². The first-order chi connectivity index (χ1) is 16.0. The molecular formula is C21H18N4O6S2. The molecule has 0 aliphatic carbocycles. The van der Waals surface area contributed by atoms with Crippen molar-refractivity contribution in [1.82, 2.24) is 9.97 Å². The fourth-order valence-electron chi connectivity index (χ4n) is 2.78. The Morgan fingerprint density at radius 1 is 1.18 bits per heavy atom. The van der Waals surface area contributed by atoms with Gasteiger partial charge >= 0.3 is 5.97 Å². The monoisotopic (exact) mass is 486 g/mol. The Hall–Kier alpha value is -3.64. The normalized spacial score (nSPS) is 11.7. The van der Waals surface area contributed by atoms with Crippen molar-refractivity contribution in [3.05, 3.63) is 53.2 Å². The number of hydrogen-bond acceptors (Lipinski definition) is 10. The second kappa shape index (κ2) is 10.3. The highest BCUT2D eigenvalue weighted by Crippen LogP contribution is 2.34. The van der Waals surface area contributed by atoms with E-state index >= 15 is 0 Å². The number of hydrogen-bond donors (Lipinski definition) is 2. The molecule has 2 amide bonds. The van der Waals surface area contributed by atoms with E-state index in [4.69, 9.17) is 14.2 Å². The molecule has 1 aliphatic heterocycles. The highest BCUT2D eigenvalue weighted by atomic mass is 32.2. The molecule has 0 atom stereocenters. The Morgan fingerprint density at radius 3 is 2.88 bits per heavy atom. The SMILES string of the molecule is CCOC(=O)c1csc(NC(=O)c2cccnc2SCC(=O)Nc2ccc3c(c2)OCO3)n1. The first-order valence-corrected chi connectivity index (χ1v) is 11.6. The van der Waals surface area contributed by atoms with E-state index in [-0.39, 0.29) is 41.4 Å². The standard InChI is InChI=1S/C21H18N4O6S2/c1-2-29-20(28)14-9-33-21(24-14)25-18(27)13-4-3-7-22-19(13)32-10-17(26)23-12-5-6-15-16(8-12)31-11-30-15/h3-9H,2,10-11H2,1H3,(H,23,26)(H,24,25,27). The molecule has 3 aromatic rings. The molecule has 3 heterocycles. The van der Waals surface area contributed by atoms with Crippen LogP contribution in [0.2, 0.25) is 0 Å². The lowest BCUT2D eigenvalue weighted by Crippen LogP contribution is -2.16. The van der Waals surface area contributed by atoms with Crippen molar-refractivity contribution in [3.8, 4) is 11.5 Å². The number of carbonyl (C=O) groups is 3. The number of pyridine rings is 1. The maximum atomic E-state index is 12.7. The summed E-state index contributed by atoms with van der Waals surface area (Å²) >= 11 is 2.23. The molecule has 0 saturated carbocycles. The Bertz CT molecular complexity index is 1200. The van der Waals surface area contributed by atoms with Crippen LogP contribution in [0, 0.1) is 0 Å². The number of ether oxygens (including phenoxy) is 3. The van der Waals surface area contributed by atoms with Gasteiger partial charge in [-0.3, -0.25) is 14.9 Å². The maximum absolute atomic E-state index is 12.7. The van der Waals surface area contributed by atoms with Gasteiger partial charge in [-0.1, -0.05) is 11.8 Å². The number of nitrogens with zero attached hydrogens (tertiary/aromatic N) is 2. The van der Waals surface area contributed by atoms with E-state index < -0.39 is 11.9 Å². The molecular weight excluding hydrogens is 468 g/mol. The number of benzene rings is 1. The highest BCUT2D eigenvalue weighted by molar-refractivity contribution is 8.00. The van der Waals surface area contributed by atoms with Gasteiger partial charge in [0.2, 0.25) is 12.7 Å². The summed E-state index contributed by atoms with van der Waals surface area (Å²) in [6, 6.07) is 8.34. The minimum absolute atomic E-state index is 0.0377. The molecule has 1 aromatic carbocycles. The Morgan fingerprint density at radius 2 is 2.03 bits per heavy atom. The zero-order chi connectivity index (χ0) is 23.2. The number of amides is 2. The maximum Gasteiger partial charge on any atom is 0.357 e. The molecule has 0 fully saturated rings. The lowest BCUT2D eigenvalue weighted by molar-refractivity contribution is -0.113. The molecule has 0 saturated heterocycles. The predicted octanol–water partition coefficient (Wildman–Crippen LogP) is 3.43. The third kappa shape index (κ3) is 5.59. The van der Waals surface area contributed by atoms with Crippen molar-refractivity contribution < 1.29 is 28.6 Å². The van der Waals surface area contributed by atoms with Crippen molar-refractivity contribution in [3.63, 3.8) is 0 Å². The zero-order valence-electron chi connectivity index (χ0n) is 17.3. The van der Waals surface area contributed by atoms with E-state index in [1.165, 1.54) is 11.6 Å². The summed E-state index contributed by atoms with van der Waals surface area (Å²) in [5.74, 6) is -0.0453. The Kier molecular flexibility index (Phi) is 7.05. The van der Waals surface area contributed by atoms with Crippen LogP contribution in [0.5, 0.6) is 11.5 Å². The van der Waals surface area contributed by atoms with E-state index in [9.17, 15) is 14.4 Å². The van der Waals surface area contributed by atoms with Gasteiger partial charge in [0.05, 0.1) is 17.9 Å². The van der Waals surface area contributed by atoms with Gasteiger partial charge < -0.3 is 19.5 Å². The van der Waals surface area contributed by atoms with Crippen molar-refractivity contribution >= 4 is 51.7 Å². The minimum Gasteiger partial charge on any atom is -0.461 e. The van der Waals surface area contributed by atoms with E-state index in [2.05, 4.69) is 20.6 Å². The first kappa shape index (κ1) is 22.6. The summed E-state index contributed by atoms with van der Waals surface area (Å²) in [6.07, 6.45) is 1.54. The third-order valence-corrected chi connectivity index (χ3v) is 5.98.